The lowest BCUT2D eigenvalue weighted by atomic mass is 10.0. The topological polar surface area (TPSA) is 72.5 Å². The number of nitrogens with zero attached hydrogens (tertiary/aromatic N) is 1. The monoisotopic (exact) mass is 381 g/mol. The van der Waals surface area contributed by atoms with Gasteiger partial charge in [-0.1, -0.05) is 26.0 Å². The maximum Gasteiger partial charge on any atom is 0.275 e. The first kappa shape index (κ1) is 17.4. The molecular formula is C20H19N3O3S. The Labute approximate surface area is 161 Å². The van der Waals surface area contributed by atoms with Crippen molar-refractivity contribution in [2.45, 2.75) is 19.8 Å². The van der Waals surface area contributed by atoms with Crippen molar-refractivity contribution >= 4 is 33.8 Å². The van der Waals surface area contributed by atoms with Gasteiger partial charge in [-0.2, -0.15) is 0 Å². The Kier molecular flexibility index (Phi) is 4.68. The van der Waals surface area contributed by atoms with Crippen LogP contribution in [-0.2, 0) is 0 Å². The zero-order chi connectivity index (χ0) is 18.8. The highest BCUT2D eigenvalue weighted by atomic mass is 32.1. The van der Waals surface area contributed by atoms with Gasteiger partial charge in [0.1, 0.15) is 5.69 Å². The number of hydrogen-bond acceptors (Lipinski definition) is 6. The Morgan fingerprint density at radius 1 is 1.07 bits per heavy atom. The zero-order valence-corrected chi connectivity index (χ0v) is 15.8. The van der Waals surface area contributed by atoms with Crippen LogP contribution in [0.1, 0.15) is 35.8 Å². The summed E-state index contributed by atoms with van der Waals surface area (Å²) in [4.78, 5) is 16.8. The standard InChI is InChI=1S/C20H19N3O3S/c1-12(2)13-3-5-14(6-4-13)21-19(24)16-10-27-20(23-16)22-15-7-8-17-18(9-15)26-11-25-17/h3-10,12H,11H2,1-2H3,(H,21,24)(H,22,23). The van der Waals surface area contributed by atoms with E-state index in [1.807, 2.05) is 42.5 Å². The van der Waals surface area contributed by atoms with Gasteiger partial charge in [0.15, 0.2) is 16.6 Å². The third-order valence-corrected chi connectivity index (χ3v) is 4.95. The van der Waals surface area contributed by atoms with Crippen molar-refractivity contribution in [3.63, 3.8) is 0 Å². The van der Waals surface area contributed by atoms with Crippen LogP contribution in [0.3, 0.4) is 0 Å². The van der Waals surface area contributed by atoms with E-state index in [1.54, 1.807) is 5.38 Å². The summed E-state index contributed by atoms with van der Waals surface area (Å²) in [6, 6.07) is 13.4. The molecule has 0 bridgehead atoms. The molecule has 1 aliphatic rings. The van der Waals surface area contributed by atoms with Crippen molar-refractivity contribution < 1.29 is 14.3 Å². The Bertz CT molecular complexity index is 967. The van der Waals surface area contributed by atoms with Crippen LogP contribution in [0.5, 0.6) is 11.5 Å². The molecule has 0 atom stereocenters. The fraction of sp³-hybridized carbons (Fsp3) is 0.200. The Morgan fingerprint density at radius 2 is 1.81 bits per heavy atom. The van der Waals surface area contributed by atoms with Crippen LogP contribution in [-0.4, -0.2) is 17.7 Å². The van der Waals surface area contributed by atoms with E-state index in [9.17, 15) is 4.79 Å². The van der Waals surface area contributed by atoms with Gasteiger partial charge >= 0.3 is 0 Å². The normalized spacial score (nSPS) is 12.3. The van der Waals surface area contributed by atoms with Gasteiger partial charge in [-0.15, -0.1) is 11.3 Å². The summed E-state index contributed by atoms with van der Waals surface area (Å²) in [6.07, 6.45) is 0. The van der Waals surface area contributed by atoms with Gasteiger partial charge in [0.25, 0.3) is 5.91 Å². The van der Waals surface area contributed by atoms with Gasteiger partial charge in [0.05, 0.1) is 0 Å². The lowest BCUT2D eigenvalue weighted by molar-refractivity contribution is 0.102. The van der Waals surface area contributed by atoms with Crippen molar-refractivity contribution in [1.29, 1.82) is 0 Å². The first-order chi connectivity index (χ1) is 13.1. The van der Waals surface area contributed by atoms with E-state index >= 15 is 0 Å². The number of hydrogen-bond donors (Lipinski definition) is 2. The molecule has 4 rings (SSSR count). The molecular weight excluding hydrogens is 362 g/mol. The average molecular weight is 381 g/mol. The minimum Gasteiger partial charge on any atom is -0.454 e. The largest absolute Gasteiger partial charge is 0.454 e. The number of fused-ring (bicyclic) bond motifs is 1. The summed E-state index contributed by atoms with van der Waals surface area (Å²) in [5.74, 6) is 1.64. The van der Waals surface area contributed by atoms with Crippen LogP contribution in [0.4, 0.5) is 16.5 Å². The minimum absolute atomic E-state index is 0.234. The smallest absolute Gasteiger partial charge is 0.275 e. The maximum atomic E-state index is 12.4. The molecule has 2 N–H and O–H groups in total. The third kappa shape index (κ3) is 3.88. The molecule has 1 aliphatic heterocycles. The molecule has 0 unspecified atom stereocenters. The molecule has 27 heavy (non-hydrogen) atoms. The molecule has 3 aromatic rings. The van der Waals surface area contributed by atoms with E-state index in [0.29, 0.717) is 22.5 Å². The summed E-state index contributed by atoms with van der Waals surface area (Å²) in [6.45, 7) is 4.51. The van der Waals surface area contributed by atoms with Crippen molar-refractivity contribution in [3.05, 3.63) is 59.1 Å². The first-order valence-electron chi connectivity index (χ1n) is 8.62. The second kappa shape index (κ2) is 7.28. The average Bonchev–Trinajstić information content (AvgIpc) is 3.31. The molecule has 2 heterocycles. The first-order valence-corrected chi connectivity index (χ1v) is 9.50. The number of ether oxygens (including phenoxy) is 2. The quantitative estimate of drug-likeness (QED) is 0.651. The summed E-state index contributed by atoms with van der Waals surface area (Å²) >= 11 is 1.37. The molecule has 0 saturated carbocycles. The summed E-state index contributed by atoms with van der Waals surface area (Å²) < 4.78 is 10.7. The van der Waals surface area contributed by atoms with Crippen LogP contribution in [0.25, 0.3) is 0 Å². The zero-order valence-electron chi connectivity index (χ0n) is 15.0. The molecule has 0 radical (unpaired) electrons. The van der Waals surface area contributed by atoms with Gasteiger partial charge in [0.2, 0.25) is 6.79 Å². The molecule has 0 spiro atoms. The number of nitrogens with one attached hydrogen (secondary N) is 2. The number of anilines is 3. The van der Waals surface area contributed by atoms with Crippen LogP contribution < -0.4 is 20.1 Å². The molecule has 1 amide bonds. The van der Waals surface area contributed by atoms with E-state index in [1.165, 1.54) is 16.9 Å². The Hall–Kier alpha value is -3.06. The number of thiazole rings is 1. The molecule has 0 saturated heterocycles. The highest BCUT2D eigenvalue weighted by molar-refractivity contribution is 7.14. The molecule has 138 valence electrons. The second-order valence-corrected chi connectivity index (χ2v) is 7.32. The van der Waals surface area contributed by atoms with Gasteiger partial charge in [-0.05, 0) is 35.7 Å². The highest BCUT2D eigenvalue weighted by Crippen LogP contribution is 2.35. The molecule has 0 aliphatic carbocycles. The minimum atomic E-state index is -0.234. The Balaban J connectivity index is 1.41. The summed E-state index contributed by atoms with van der Waals surface area (Å²) in [5.41, 5.74) is 3.18. The highest BCUT2D eigenvalue weighted by Gasteiger charge is 2.15. The number of amides is 1. The van der Waals surface area contributed by atoms with E-state index in [-0.39, 0.29) is 12.7 Å². The lowest BCUT2D eigenvalue weighted by Gasteiger charge is -2.07. The van der Waals surface area contributed by atoms with E-state index in [2.05, 4.69) is 29.5 Å². The van der Waals surface area contributed by atoms with Crippen LogP contribution in [0.15, 0.2) is 47.8 Å². The fourth-order valence-corrected chi connectivity index (χ4v) is 3.39. The van der Waals surface area contributed by atoms with Gasteiger partial charge < -0.3 is 20.1 Å². The van der Waals surface area contributed by atoms with E-state index in [4.69, 9.17) is 9.47 Å². The third-order valence-electron chi connectivity index (χ3n) is 4.20. The SMILES string of the molecule is CC(C)c1ccc(NC(=O)c2csc(Nc3ccc4c(c3)OCO4)n2)cc1. The summed E-state index contributed by atoms with van der Waals surface area (Å²) in [5, 5.41) is 8.42. The predicted molar refractivity (Wildman–Crippen MR) is 106 cm³/mol. The molecule has 1 aromatic heterocycles. The van der Waals surface area contributed by atoms with E-state index < -0.39 is 0 Å². The number of benzene rings is 2. The molecule has 2 aromatic carbocycles. The number of aromatic nitrogens is 1. The Morgan fingerprint density at radius 3 is 2.59 bits per heavy atom. The second-order valence-electron chi connectivity index (χ2n) is 6.46. The van der Waals surface area contributed by atoms with Crippen molar-refractivity contribution in [2.75, 3.05) is 17.4 Å². The van der Waals surface area contributed by atoms with Crippen LogP contribution in [0, 0.1) is 0 Å². The maximum absolute atomic E-state index is 12.4. The van der Waals surface area contributed by atoms with E-state index in [0.717, 1.165) is 17.1 Å². The number of carbonyl (C=O) groups excluding carboxylic acids is 1. The predicted octanol–water partition coefficient (Wildman–Crippen LogP) is 4.99. The van der Waals surface area contributed by atoms with Crippen molar-refractivity contribution in [1.82, 2.24) is 4.98 Å². The van der Waals surface area contributed by atoms with Gasteiger partial charge in [0, 0.05) is 22.8 Å². The van der Waals surface area contributed by atoms with Crippen LogP contribution in [0.2, 0.25) is 0 Å². The fourth-order valence-electron chi connectivity index (χ4n) is 2.68. The summed E-state index contributed by atoms with van der Waals surface area (Å²) in [7, 11) is 0. The van der Waals surface area contributed by atoms with Crippen molar-refractivity contribution in [3.8, 4) is 11.5 Å². The van der Waals surface area contributed by atoms with Gasteiger partial charge in [-0.25, -0.2) is 4.98 Å². The molecule has 7 heteroatoms. The lowest BCUT2D eigenvalue weighted by Crippen LogP contribution is -2.12. The number of carbonyl (C=O) groups is 1. The van der Waals surface area contributed by atoms with Crippen molar-refractivity contribution in [2.24, 2.45) is 0 Å². The van der Waals surface area contributed by atoms with Gasteiger partial charge in [-0.3, -0.25) is 4.79 Å². The van der Waals surface area contributed by atoms with Crippen LogP contribution >= 0.6 is 11.3 Å². The number of rotatable bonds is 5. The molecule has 0 fully saturated rings. The molecule has 6 nitrogen and oxygen atoms in total.